The predicted molar refractivity (Wildman–Crippen MR) is 99.9 cm³/mol. The lowest BCUT2D eigenvalue weighted by Crippen LogP contribution is -2.55. The molecule has 2 saturated heterocycles. The minimum atomic E-state index is -3.54. The average molecular weight is 386 g/mol. The Balaban J connectivity index is 1.90. The van der Waals surface area contributed by atoms with E-state index in [4.69, 9.17) is 4.74 Å². The normalized spacial score (nSPS) is 26.5. The van der Waals surface area contributed by atoms with Crippen LogP contribution in [0.1, 0.15) is 37.8 Å². The Hall–Kier alpha value is -1.00. The highest BCUT2D eigenvalue weighted by atomic mass is 32.2. The first-order chi connectivity index (χ1) is 12.4. The molecule has 2 aliphatic rings. The molecule has 1 aromatic rings. The van der Waals surface area contributed by atoms with Crippen LogP contribution in [0.4, 0.5) is 0 Å². The van der Waals surface area contributed by atoms with E-state index in [-0.39, 0.29) is 12.1 Å². The van der Waals surface area contributed by atoms with E-state index in [2.05, 4.69) is 10.00 Å². The van der Waals surface area contributed by atoms with Gasteiger partial charge < -0.3 is 9.64 Å². The van der Waals surface area contributed by atoms with Crippen LogP contribution in [0.25, 0.3) is 0 Å². The van der Waals surface area contributed by atoms with Crippen LogP contribution >= 0.6 is 0 Å². The van der Waals surface area contributed by atoms with Crippen molar-refractivity contribution < 1.29 is 13.2 Å². The zero-order valence-corrected chi connectivity index (χ0v) is 16.9. The summed E-state index contributed by atoms with van der Waals surface area (Å²) in [6.45, 7) is 5.94. The maximum absolute atomic E-state index is 13.1. The fourth-order valence-corrected chi connectivity index (χ4v) is 5.37. The van der Waals surface area contributed by atoms with Crippen molar-refractivity contribution in [2.45, 2.75) is 38.3 Å². The molecule has 0 aromatic carbocycles. The lowest BCUT2D eigenvalue weighted by molar-refractivity contribution is -0.0599. The van der Waals surface area contributed by atoms with Crippen LogP contribution in [0, 0.1) is 0 Å². The van der Waals surface area contributed by atoms with E-state index < -0.39 is 10.2 Å². The third kappa shape index (κ3) is 4.12. The van der Waals surface area contributed by atoms with E-state index >= 15 is 0 Å². The molecule has 3 rings (SSSR count). The SMILES string of the molecule is CCN(C)S(=O)(=O)N1CCO[C@@H](CN2CCCCC2)[C@@H]1c1cnn(C)c1. The molecule has 0 bridgehead atoms. The maximum atomic E-state index is 13.1. The summed E-state index contributed by atoms with van der Waals surface area (Å²) in [7, 11) is -0.0621. The standard InChI is InChI=1S/C17H31N5O3S/c1-4-20(3)26(23,24)22-10-11-25-16(14-21-8-6-5-7-9-21)17(22)15-12-18-19(2)13-15/h12-13,16-17H,4-11,14H2,1-3H3/t16-,17-/m0/s1. The summed E-state index contributed by atoms with van der Waals surface area (Å²) in [5, 5.41) is 4.27. The van der Waals surface area contributed by atoms with Gasteiger partial charge in [-0.3, -0.25) is 4.68 Å². The Morgan fingerprint density at radius 2 is 2.00 bits per heavy atom. The molecule has 8 nitrogen and oxygen atoms in total. The minimum Gasteiger partial charge on any atom is -0.373 e. The zero-order valence-electron chi connectivity index (χ0n) is 16.0. The molecule has 0 N–H and O–H groups in total. The number of hydrogen-bond donors (Lipinski definition) is 0. The van der Waals surface area contributed by atoms with Gasteiger partial charge in [0, 0.05) is 45.5 Å². The van der Waals surface area contributed by atoms with Gasteiger partial charge in [0.05, 0.1) is 24.9 Å². The topological polar surface area (TPSA) is 70.9 Å². The number of rotatable bonds is 6. The number of likely N-dealkylation sites (tertiary alicyclic amines) is 1. The zero-order chi connectivity index (χ0) is 18.7. The third-order valence-electron chi connectivity index (χ3n) is 5.39. The van der Waals surface area contributed by atoms with E-state index in [1.165, 1.54) is 23.6 Å². The van der Waals surface area contributed by atoms with Crippen LogP contribution in [-0.2, 0) is 22.0 Å². The number of aromatic nitrogens is 2. The summed E-state index contributed by atoms with van der Waals surface area (Å²) in [6.07, 6.45) is 7.14. The highest BCUT2D eigenvalue weighted by Gasteiger charge is 2.42. The van der Waals surface area contributed by atoms with Crippen molar-refractivity contribution in [3.8, 4) is 0 Å². The van der Waals surface area contributed by atoms with Crippen LogP contribution in [0.15, 0.2) is 12.4 Å². The molecule has 0 amide bonds. The van der Waals surface area contributed by atoms with Crippen LogP contribution in [-0.4, -0.2) is 84.2 Å². The van der Waals surface area contributed by atoms with Crippen molar-refractivity contribution in [3.63, 3.8) is 0 Å². The van der Waals surface area contributed by atoms with Gasteiger partial charge in [-0.2, -0.15) is 22.1 Å². The van der Waals surface area contributed by atoms with E-state index in [0.29, 0.717) is 19.7 Å². The van der Waals surface area contributed by atoms with Crippen molar-refractivity contribution in [2.75, 3.05) is 46.4 Å². The smallest absolute Gasteiger partial charge is 0.282 e. The van der Waals surface area contributed by atoms with Crippen LogP contribution < -0.4 is 0 Å². The Morgan fingerprint density at radius 3 is 2.62 bits per heavy atom. The molecule has 0 unspecified atom stereocenters. The fourth-order valence-electron chi connectivity index (χ4n) is 3.83. The average Bonchev–Trinajstić information content (AvgIpc) is 3.07. The van der Waals surface area contributed by atoms with Crippen molar-refractivity contribution in [2.24, 2.45) is 7.05 Å². The molecule has 148 valence electrons. The molecule has 0 radical (unpaired) electrons. The first kappa shape index (κ1) is 19.8. The Labute approximate surface area is 156 Å². The second-order valence-corrected chi connectivity index (χ2v) is 9.18. The number of ether oxygens (including phenoxy) is 1. The van der Waals surface area contributed by atoms with Gasteiger partial charge in [0.1, 0.15) is 0 Å². The Kier molecular flexibility index (Phi) is 6.34. The molecule has 2 atom stereocenters. The molecular weight excluding hydrogens is 354 g/mol. The molecule has 1 aromatic heterocycles. The summed E-state index contributed by atoms with van der Waals surface area (Å²) in [5.74, 6) is 0. The summed E-state index contributed by atoms with van der Waals surface area (Å²) in [5.41, 5.74) is 0.891. The third-order valence-corrected chi connectivity index (χ3v) is 7.44. The van der Waals surface area contributed by atoms with Crippen LogP contribution in [0.3, 0.4) is 0 Å². The summed E-state index contributed by atoms with van der Waals surface area (Å²) in [4.78, 5) is 2.40. The van der Waals surface area contributed by atoms with Gasteiger partial charge in [-0.25, -0.2) is 0 Å². The molecule has 0 aliphatic carbocycles. The molecule has 0 spiro atoms. The molecule has 26 heavy (non-hydrogen) atoms. The number of aryl methyl sites for hydroxylation is 1. The van der Waals surface area contributed by atoms with Gasteiger partial charge >= 0.3 is 0 Å². The van der Waals surface area contributed by atoms with Gasteiger partial charge in [-0.15, -0.1) is 0 Å². The maximum Gasteiger partial charge on any atom is 0.282 e. The van der Waals surface area contributed by atoms with Crippen molar-refractivity contribution in [1.29, 1.82) is 0 Å². The van der Waals surface area contributed by atoms with Crippen molar-refractivity contribution >= 4 is 10.2 Å². The molecule has 9 heteroatoms. The van der Waals surface area contributed by atoms with Gasteiger partial charge in [0.25, 0.3) is 10.2 Å². The van der Waals surface area contributed by atoms with E-state index in [1.54, 1.807) is 22.2 Å². The first-order valence-corrected chi connectivity index (χ1v) is 10.9. The van der Waals surface area contributed by atoms with Gasteiger partial charge in [0.2, 0.25) is 0 Å². The number of morpholine rings is 1. The summed E-state index contributed by atoms with van der Waals surface area (Å²) in [6, 6.07) is -0.349. The predicted octanol–water partition coefficient (Wildman–Crippen LogP) is 0.844. The summed E-state index contributed by atoms with van der Waals surface area (Å²) < 4.78 is 37.0. The monoisotopic (exact) mass is 385 g/mol. The van der Waals surface area contributed by atoms with Crippen molar-refractivity contribution in [3.05, 3.63) is 18.0 Å². The molecule has 2 fully saturated rings. The van der Waals surface area contributed by atoms with Crippen molar-refractivity contribution in [1.82, 2.24) is 23.3 Å². The Bertz CT molecular complexity index is 686. The fraction of sp³-hybridized carbons (Fsp3) is 0.824. The van der Waals surface area contributed by atoms with Gasteiger partial charge in [-0.05, 0) is 25.9 Å². The summed E-state index contributed by atoms with van der Waals surface area (Å²) >= 11 is 0. The lowest BCUT2D eigenvalue weighted by Gasteiger charge is -2.43. The van der Waals surface area contributed by atoms with E-state index in [0.717, 1.165) is 25.2 Å². The van der Waals surface area contributed by atoms with E-state index in [9.17, 15) is 8.42 Å². The molecular formula is C17H31N5O3S. The van der Waals surface area contributed by atoms with Crippen LogP contribution in [0.2, 0.25) is 0 Å². The second kappa shape index (κ2) is 8.35. The van der Waals surface area contributed by atoms with Gasteiger partial charge in [0.15, 0.2) is 0 Å². The Morgan fingerprint density at radius 1 is 1.27 bits per heavy atom. The minimum absolute atomic E-state index is 0.189. The number of hydrogen-bond acceptors (Lipinski definition) is 5. The highest BCUT2D eigenvalue weighted by molar-refractivity contribution is 7.86. The number of piperidine rings is 1. The number of nitrogens with zero attached hydrogens (tertiary/aromatic N) is 5. The van der Waals surface area contributed by atoms with E-state index in [1.807, 2.05) is 20.2 Å². The van der Waals surface area contributed by atoms with Crippen LogP contribution in [0.5, 0.6) is 0 Å². The quantitative estimate of drug-likeness (QED) is 0.726. The molecule has 3 heterocycles. The molecule has 0 saturated carbocycles. The first-order valence-electron chi connectivity index (χ1n) is 9.49. The lowest BCUT2D eigenvalue weighted by atomic mass is 10.0. The second-order valence-electron chi connectivity index (χ2n) is 7.20. The highest BCUT2D eigenvalue weighted by Crippen LogP contribution is 2.33. The largest absolute Gasteiger partial charge is 0.373 e. The van der Waals surface area contributed by atoms with Gasteiger partial charge in [-0.1, -0.05) is 13.3 Å². The molecule has 2 aliphatic heterocycles.